The van der Waals surface area contributed by atoms with Crippen molar-refractivity contribution in [3.05, 3.63) is 30.0 Å². The summed E-state index contributed by atoms with van der Waals surface area (Å²) < 4.78 is 5.62. The second-order valence-electron chi connectivity index (χ2n) is 3.93. The number of benzene rings is 1. The number of ether oxygens (including phenoxy) is 1. The van der Waals surface area contributed by atoms with Crippen LogP contribution in [-0.4, -0.2) is 18.1 Å². The SMILES string of the molecule is CCNc1cc(C)nc2c(OCC)cccc12. The minimum Gasteiger partial charge on any atom is -0.492 e. The van der Waals surface area contributed by atoms with Gasteiger partial charge < -0.3 is 10.1 Å². The number of rotatable bonds is 4. The van der Waals surface area contributed by atoms with Gasteiger partial charge in [-0.05, 0) is 32.9 Å². The maximum atomic E-state index is 5.62. The van der Waals surface area contributed by atoms with E-state index in [1.54, 1.807) is 0 Å². The highest BCUT2D eigenvalue weighted by molar-refractivity contribution is 5.95. The molecule has 1 aromatic heterocycles. The van der Waals surface area contributed by atoms with Gasteiger partial charge in [-0.1, -0.05) is 12.1 Å². The summed E-state index contributed by atoms with van der Waals surface area (Å²) in [5.74, 6) is 0.854. The van der Waals surface area contributed by atoms with Crippen LogP contribution in [0.1, 0.15) is 19.5 Å². The van der Waals surface area contributed by atoms with Crippen molar-refractivity contribution in [1.82, 2.24) is 4.98 Å². The Morgan fingerprint density at radius 3 is 2.82 bits per heavy atom. The molecule has 0 aliphatic rings. The molecule has 2 aromatic rings. The van der Waals surface area contributed by atoms with Crippen LogP contribution in [0.5, 0.6) is 5.75 Å². The largest absolute Gasteiger partial charge is 0.492 e. The third kappa shape index (κ3) is 2.33. The van der Waals surface area contributed by atoms with E-state index in [1.165, 1.54) is 0 Å². The third-order valence-corrected chi connectivity index (χ3v) is 2.60. The van der Waals surface area contributed by atoms with E-state index in [4.69, 9.17) is 4.74 Å². The fourth-order valence-corrected chi connectivity index (χ4v) is 1.96. The summed E-state index contributed by atoms with van der Waals surface area (Å²) in [5.41, 5.74) is 3.06. The van der Waals surface area contributed by atoms with Crippen molar-refractivity contribution in [2.45, 2.75) is 20.8 Å². The van der Waals surface area contributed by atoms with Crippen molar-refractivity contribution in [3.63, 3.8) is 0 Å². The summed E-state index contributed by atoms with van der Waals surface area (Å²) in [4.78, 5) is 4.57. The molecule has 0 aliphatic heterocycles. The van der Waals surface area contributed by atoms with Crippen LogP contribution in [0.25, 0.3) is 10.9 Å². The summed E-state index contributed by atoms with van der Waals surface area (Å²) >= 11 is 0. The molecule has 0 unspecified atom stereocenters. The summed E-state index contributed by atoms with van der Waals surface area (Å²) in [5, 5.41) is 4.48. The van der Waals surface area contributed by atoms with Gasteiger partial charge in [0.25, 0.3) is 0 Å². The minimum absolute atomic E-state index is 0.658. The van der Waals surface area contributed by atoms with E-state index in [0.717, 1.165) is 34.6 Å². The molecule has 17 heavy (non-hydrogen) atoms. The van der Waals surface area contributed by atoms with Crippen LogP contribution < -0.4 is 10.1 Å². The quantitative estimate of drug-likeness (QED) is 0.874. The molecule has 0 amide bonds. The molecule has 0 aliphatic carbocycles. The number of para-hydroxylation sites is 1. The zero-order valence-electron chi connectivity index (χ0n) is 10.6. The molecule has 2 rings (SSSR count). The van der Waals surface area contributed by atoms with Gasteiger partial charge in [-0.15, -0.1) is 0 Å². The Morgan fingerprint density at radius 1 is 1.29 bits per heavy atom. The molecule has 3 heteroatoms. The van der Waals surface area contributed by atoms with Gasteiger partial charge >= 0.3 is 0 Å². The Hall–Kier alpha value is -1.77. The molecule has 0 saturated carbocycles. The van der Waals surface area contributed by atoms with E-state index in [2.05, 4.69) is 29.4 Å². The number of pyridine rings is 1. The zero-order chi connectivity index (χ0) is 12.3. The van der Waals surface area contributed by atoms with Crippen LogP contribution in [0, 0.1) is 6.92 Å². The molecule has 90 valence electrons. The molecule has 0 saturated heterocycles. The fraction of sp³-hybridized carbons (Fsp3) is 0.357. The lowest BCUT2D eigenvalue weighted by molar-refractivity contribution is 0.343. The van der Waals surface area contributed by atoms with E-state index in [-0.39, 0.29) is 0 Å². The van der Waals surface area contributed by atoms with Gasteiger partial charge in [0.2, 0.25) is 0 Å². The Bertz CT molecular complexity index is 523. The van der Waals surface area contributed by atoms with E-state index in [1.807, 2.05) is 26.0 Å². The molecular weight excluding hydrogens is 212 g/mol. The zero-order valence-corrected chi connectivity index (χ0v) is 10.6. The van der Waals surface area contributed by atoms with Crippen molar-refractivity contribution in [2.75, 3.05) is 18.5 Å². The van der Waals surface area contributed by atoms with Crippen molar-refractivity contribution >= 4 is 16.6 Å². The first-order chi connectivity index (χ1) is 8.26. The number of fused-ring (bicyclic) bond motifs is 1. The normalized spacial score (nSPS) is 10.5. The van der Waals surface area contributed by atoms with Crippen LogP contribution in [-0.2, 0) is 0 Å². The number of anilines is 1. The minimum atomic E-state index is 0.658. The van der Waals surface area contributed by atoms with Crippen molar-refractivity contribution < 1.29 is 4.74 Å². The lowest BCUT2D eigenvalue weighted by Crippen LogP contribution is -2.00. The van der Waals surface area contributed by atoms with E-state index in [9.17, 15) is 0 Å². The van der Waals surface area contributed by atoms with Gasteiger partial charge in [-0.2, -0.15) is 0 Å². The van der Waals surface area contributed by atoms with Crippen LogP contribution in [0.2, 0.25) is 0 Å². The monoisotopic (exact) mass is 230 g/mol. The third-order valence-electron chi connectivity index (χ3n) is 2.60. The summed E-state index contributed by atoms with van der Waals surface area (Å²) in [6, 6.07) is 8.11. The molecule has 1 N–H and O–H groups in total. The van der Waals surface area contributed by atoms with Gasteiger partial charge in [-0.3, -0.25) is 0 Å². The van der Waals surface area contributed by atoms with Crippen LogP contribution in [0.3, 0.4) is 0 Å². The average Bonchev–Trinajstić information content (AvgIpc) is 2.31. The first-order valence-corrected chi connectivity index (χ1v) is 6.03. The van der Waals surface area contributed by atoms with Crippen molar-refractivity contribution in [3.8, 4) is 5.75 Å². The number of nitrogens with one attached hydrogen (secondary N) is 1. The van der Waals surface area contributed by atoms with E-state index < -0.39 is 0 Å². The Kier molecular flexibility index (Phi) is 3.47. The predicted octanol–water partition coefficient (Wildman–Crippen LogP) is 3.37. The van der Waals surface area contributed by atoms with Gasteiger partial charge in [0, 0.05) is 23.3 Å². The standard InChI is InChI=1S/C14H18N2O/c1-4-15-12-9-10(3)16-14-11(12)7-6-8-13(14)17-5-2/h6-9H,4-5H2,1-3H3,(H,15,16). The summed E-state index contributed by atoms with van der Waals surface area (Å²) in [6.07, 6.45) is 0. The smallest absolute Gasteiger partial charge is 0.145 e. The first kappa shape index (κ1) is 11.7. The Morgan fingerprint density at radius 2 is 2.12 bits per heavy atom. The van der Waals surface area contributed by atoms with Crippen LogP contribution >= 0.6 is 0 Å². The lowest BCUT2D eigenvalue weighted by atomic mass is 10.1. The molecule has 0 radical (unpaired) electrons. The van der Waals surface area contributed by atoms with E-state index >= 15 is 0 Å². The second kappa shape index (κ2) is 5.04. The van der Waals surface area contributed by atoms with Gasteiger partial charge in [-0.25, -0.2) is 4.98 Å². The number of hydrogen-bond acceptors (Lipinski definition) is 3. The van der Waals surface area contributed by atoms with Crippen molar-refractivity contribution in [1.29, 1.82) is 0 Å². The highest BCUT2D eigenvalue weighted by atomic mass is 16.5. The lowest BCUT2D eigenvalue weighted by Gasteiger charge is -2.12. The predicted molar refractivity (Wildman–Crippen MR) is 71.8 cm³/mol. The fourth-order valence-electron chi connectivity index (χ4n) is 1.96. The molecule has 0 fully saturated rings. The first-order valence-electron chi connectivity index (χ1n) is 6.03. The van der Waals surface area contributed by atoms with Gasteiger partial charge in [0.15, 0.2) is 0 Å². The number of nitrogens with zero attached hydrogens (tertiary/aromatic N) is 1. The highest BCUT2D eigenvalue weighted by Crippen LogP contribution is 2.29. The number of aromatic nitrogens is 1. The number of aryl methyl sites for hydroxylation is 1. The van der Waals surface area contributed by atoms with Gasteiger partial charge in [0.05, 0.1) is 6.61 Å². The topological polar surface area (TPSA) is 34.2 Å². The molecule has 0 spiro atoms. The number of hydrogen-bond donors (Lipinski definition) is 1. The Balaban J connectivity index is 2.64. The maximum Gasteiger partial charge on any atom is 0.145 e. The Labute approximate surface area is 102 Å². The van der Waals surface area contributed by atoms with Gasteiger partial charge in [0.1, 0.15) is 11.3 Å². The molecule has 1 aromatic carbocycles. The van der Waals surface area contributed by atoms with Crippen LogP contribution in [0.15, 0.2) is 24.3 Å². The molecule has 1 heterocycles. The second-order valence-corrected chi connectivity index (χ2v) is 3.93. The maximum absolute atomic E-state index is 5.62. The molecular formula is C14H18N2O. The summed E-state index contributed by atoms with van der Waals surface area (Å²) in [7, 11) is 0. The summed E-state index contributed by atoms with van der Waals surface area (Å²) in [6.45, 7) is 7.64. The van der Waals surface area contributed by atoms with Crippen LogP contribution in [0.4, 0.5) is 5.69 Å². The highest BCUT2D eigenvalue weighted by Gasteiger charge is 2.07. The van der Waals surface area contributed by atoms with Crippen molar-refractivity contribution in [2.24, 2.45) is 0 Å². The van der Waals surface area contributed by atoms with E-state index in [0.29, 0.717) is 6.61 Å². The molecule has 0 atom stereocenters. The molecule has 3 nitrogen and oxygen atoms in total. The average molecular weight is 230 g/mol. The molecule has 0 bridgehead atoms.